The van der Waals surface area contributed by atoms with Gasteiger partial charge in [0.1, 0.15) is 6.04 Å². The maximum atomic E-state index is 13.4. The molecule has 3 aromatic carbocycles. The number of nitrogens with one attached hydrogen (secondary N) is 1. The van der Waals surface area contributed by atoms with Crippen molar-refractivity contribution in [1.82, 2.24) is 10.2 Å². The van der Waals surface area contributed by atoms with Crippen LogP contribution in [0.25, 0.3) is 11.1 Å². The van der Waals surface area contributed by atoms with Crippen LogP contribution in [0.4, 0.5) is 0 Å². The van der Waals surface area contributed by atoms with Crippen LogP contribution < -0.4 is 5.32 Å². The monoisotopic (exact) mass is 508 g/mol. The molecule has 1 heterocycles. The number of hydrogen-bond donors (Lipinski definition) is 1. The molecular formula is C29H30Cl2N2O2. The Morgan fingerprint density at radius 1 is 0.914 bits per heavy atom. The standard InChI is InChI=1S/C29H30Cl2N2O2/c1-19(2)27(29(35)33-16-14-21(15-17-33)20-10-12-24(30)13-11-20)32-28(34)23-7-5-6-22(18-23)25-8-3-4-9-26(25)31/h3-13,18-19,21,27H,14-17H2,1-2H3,(H,32,34)/t27-/m1/s1. The largest absolute Gasteiger partial charge is 0.341 e. The number of carbonyl (C=O) groups is 2. The molecule has 1 N–H and O–H groups in total. The van der Waals surface area contributed by atoms with Crippen LogP contribution in [0.1, 0.15) is 48.5 Å². The molecule has 0 aliphatic carbocycles. The number of hydrogen-bond acceptors (Lipinski definition) is 2. The summed E-state index contributed by atoms with van der Waals surface area (Å²) in [5.41, 5.74) is 3.49. The van der Waals surface area contributed by atoms with Crippen molar-refractivity contribution in [2.75, 3.05) is 13.1 Å². The molecule has 0 aromatic heterocycles. The average Bonchev–Trinajstić information content (AvgIpc) is 2.87. The van der Waals surface area contributed by atoms with Crippen LogP contribution >= 0.6 is 23.2 Å². The van der Waals surface area contributed by atoms with Crippen molar-refractivity contribution in [3.8, 4) is 11.1 Å². The summed E-state index contributed by atoms with van der Waals surface area (Å²) in [5.74, 6) is 0.0929. The summed E-state index contributed by atoms with van der Waals surface area (Å²) in [6, 6.07) is 22.3. The molecule has 1 aliphatic rings. The van der Waals surface area contributed by atoms with Gasteiger partial charge in [0, 0.05) is 34.3 Å². The van der Waals surface area contributed by atoms with Crippen LogP contribution in [0.15, 0.2) is 72.8 Å². The molecule has 0 radical (unpaired) electrons. The maximum absolute atomic E-state index is 13.4. The van der Waals surface area contributed by atoms with E-state index in [4.69, 9.17) is 23.2 Å². The average molecular weight is 509 g/mol. The van der Waals surface area contributed by atoms with Gasteiger partial charge < -0.3 is 10.2 Å². The summed E-state index contributed by atoms with van der Waals surface area (Å²) >= 11 is 12.4. The zero-order chi connectivity index (χ0) is 24.9. The Hall–Kier alpha value is -2.82. The lowest BCUT2D eigenvalue weighted by Crippen LogP contribution is -2.52. The Morgan fingerprint density at radius 2 is 1.60 bits per heavy atom. The second kappa shape index (κ2) is 11.3. The lowest BCUT2D eigenvalue weighted by Gasteiger charge is -2.35. The second-order valence-corrected chi connectivity index (χ2v) is 10.3. The SMILES string of the molecule is CC(C)[C@@H](NC(=O)c1cccc(-c2ccccc2Cl)c1)C(=O)N1CCC(c2ccc(Cl)cc2)CC1. The van der Waals surface area contributed by atoms with Gasteiger partial charge in [-0.15, -0.1) is 0 Å². The number of amides is 2. The van der Waals surface area contributed by atoms with E-state index in [1.807, 2.05) is 73.3 Å². The fraction of sp³-hybridized carbons (Fsp3) is 0.310. The molecule has 1 atom stereocenters. The normalized spacial score (nSPS) is 15.2. The van der Waals surface area contributed by atoms with Crippen LogP contribution in [0.5, 0.6) is 0 Å². The summed E-state index contributed by atoms with van der Waals surface area (Å²) in [6.07, 6.45) is 1.79. The molecule has 1 aliphatic heterocycles. The number of nitrogens with zero attached hydrogens (tertiary/aromatic N) is 1. The molecule has 35 heavy (non-hydrogen) atoms. The van der Waals surface area contributed by atoms with E-state index in [1.54, 1.807) is 6.07 Å². The Labute approximate surface area is 217 Å². The number of likely N-dealkylation sites (tertiary alicyclic amines) is 1. The highest BCUT2D eigenvalue weighted by atomic mass is 35.5. The van der Waals surface area contributed by atoms with E-state index in [2.05, 4.69) is 17.4 Å². The molecule has 6 heteroatoms. The Bertz CT molecular complexity index is 1190. The third-order valence-electron chi connectivity index (χ3n) is 6.68. The summed E-state index contributed by atoms with van der Waals surface area (Å²) in [4.78, 5) is 28.4. The first-order valence-corrected chi connectivity index (χ1v) is 12.8. The first kappa shape index (κ1) is 25.3. The minimum absolute atomic E-state index is 0.0230. The molecular weight excluding hydrogens is 479 g/mol. The molecule has 0 saturated carbocycles. The van der Waals surface area contributed by atoms with E-state index < -0.39 is 6.04 Å². The molecule has 2 amide bonds. The van der Waals surface area contributed by atoms with E-state index >= 15 is 0 Å². The number of rotatable bonds is 6. The topological polar surface area (TPSA) is 49.4 Å². The van der Waals surface area contributed by atoms with Gasteiger partial charge in [-0.1, -0.05) is 79.5 Å². The van der Waals surface area contributed by atoms with Crippen LogP contribution in [0.3, 0.4) is 0 Å². The van der Waals surface area contributed by atoms with Crippen LogP contribution in [0.2, 0.25) is 10.0 Å². The minimum Gasteiger partial charge on any atom is -0.341 e. The molecule has 0 bridgehead atoms. The van der Waals surface area contributed by atoms with E-state index in [0.29, 0.717) is 29.6 Å². The lowest BCUT2D eigenvalue weighted by atomic mass is 9.89. The lowest BCUT2D eigenvalue weighted by molar-refractivity contribution is -0.135. The zero-order valence-electron chi connectivity index (χ0n) is 20.0. The summed E-state index contributed by atoms with van der Waals surface area (Å²) < 4.78 is 0. The highest BCUT2D eigenvalue weighted by molar-refractivity contribution is 6.33. The molecule has 4 nitrogen and oxygen atoms in total. The van der Waals surface area contributed by atoms with Gasteiger partial charge in [0.05, 0.1) is 0 Å². The molecule has 1 saturated heterocycles. The van der Waals surface area contributed by atoms with E-state index in [1.165, 1.54) is 5.56 Å². The van der Waals surface area contributed by atoms with Gasteiger partial charge in [-0.05, 0) is 66.1 Å². The highest BCUT2D eigenvalue weighted by Crippen LogP contribution is 2.30. The van der Waals surface area contributed by atoms with Gasteiger partial charge in [0.15, 0.2) is 0 Å². The third-order valence-corrected chi connectivity index (χ3v) is 7.26. The predicted molar refractivity (Wildman–Crippen MR) is 143 cm³/mol. The Balaban J connectivity index is 1.42. The number of halogens is 2. The molecule has 0 spiro atoms. The summed E-state index contributed by atoms with van der Waals surface area (Å²) in [6.45, 7) is 5.27. The summed E-state index contributed by atoms with van der Waals surface area (Å²) in [7, 11) is 0. The van der Waals surface area contributed by atoms with Gasteiger partial charge >= 0.3 is 0 Å². The van der Waals surface area contributed by atoms with Crippen molar-refractivity contribution in [2.45, 2.75) is 38.6 Å². The van der Waals surface area contributed by atoms with Crippen LogP contribution in [-0.2, 0) is 4.79 Å². The maximum Gasteiger partial charge on any atom is 0.251 e. The van der Waals surface area contributed by atoms with Gasteiger partial charge in [-0.3, -0.25) is 9.59 Å². The fourth-order valence-electron chi connectivity index (χ4n) is 4.63. The first-order valence-electron chi connectivity index (χ1n) is 12.0. The summed E-state index contributed by atoms with van der Waals surface area (Å²) in [5, 5.41) is 4.35. The van der Waals surface area contributed by atoms with E-state index in [-0.39, 0.29) is 17.7 Å². The Morgan fingerprint density at radius 3 is 2.26 bits per heavy atom. The quantitative estimate of drug-likeness (QED) is 0.396. The number of carbonyl (C=O) groups excluding carboxylic acids is 2. The van der Waals surface area contributed by atoms with Crippen LogP contribution in [-0.4, -0.2) is 35.8 Å². The van der Waals surface area contributed by atoms with Gasteiger partial charge in [-0.25, -0.2) is 0 Å². The van der Waals surface area contributed by atoms with Crippen molar-refractivity contribution >= 4 is 35.0 Å². The molecule has 0 unspecified atom stereocenters. The predicted octanol–water partition coefficient (Wildman–Crippen LogP) is 6.82. The van der Waals surface area contributed by atoms with Gasteiger partial charge in [0.2, 0.25) is 5.91 Å². The van der Waals surface area contributed by atoms with Crippen molar-refractivity contribution in [3.63, 3.8) is 0 Å². The second-order valence-electron chi connectivity index (χ2n) is 9.41. The van der Waals surface area contributed by atoms with Crippen molar-refractivity contribution in [1.29, 1.82) is 0 Å². The van der Waals surface area contributed by atoms with Crippen molar-refractivity contribution in [3.05, 3.63) is 94.0 Å². The third kappa shape index (κ3) is 6.06. The highest BCUT2D eigenvalue weighted by Gasteiger charge is 2.31. The molecule has 182 valence electrons. The van der Waals surface area contributed by atoms with Crippen molar-refractivity contribution in [2.24, 2.45) is 5.92 Å². The number of benzene rings is 3. The molecule has 4 rings (SSSR count). The Kier molecular flexibility index (Phi) is 8.15. The smallest absolute Gasteiger partial charge is 0.251 e. The fourth-order valence-corrected chi connectivity index (χ4v) is 5.00. The number of piperidine rings is 1. The van der Waals surface area contributed by atoms with Crippen molar-refractivity contribution < 1.29 is 9.59 Å². The minimum atomic E-state index is -0.585. The van der Waals surface area contributed by atoms with E-state index in [9.17, 15) is 9.59 Å². The van der Waals surface area contributed by atoms with Gasteiger partial charge in [-0.2, -0.15) is 0 Å². The zero-order valence-corrected chi connectivity index (χ0v) is 21.5. The van der Waals surface area contributed by atoms with Crippen LogP contribution in [0, 0.1) is 5.92 Å². The van der Waals surface area contributed by atoms with E-state index in [0.717, 1.165) is 29.0 Å². The first-order chi connectivity index (χ1) is 16.8. The molecule has 1 fully saturated rings. The molecule has 3 aromatic rings. The van der Waals surface area contributed by atoms with Gasteiger partial charge in [0.25, 0.3) is 5.91 Å².